The normalized spacial score (nSPS) is 20.7. The number of fused-ring (bicyclic) bond motifs is 5. The van der Waals surface area contributed by atoms with Crippen LogP contribution in [0.15, 0.2) is 182 Å². The molecule has 0 bridgehead atoms. The van der Waals surface area contributed by atoms with Gasteiger partial charge in [0.2, 0.25) is 0 Å². The topological polar surface area (TPSA) is 35.9 Å². The highest BCUT2D eigenvalue weighted by Crippen LogP contribution is 2.37. The predicted molar refractivity (Wildman–Crippen MR) is 230 cm³/mol. The first kappa shape index (κ1) is 19.6. The van der Waals surface area contributed by atoms with Gasteiger partial charge in [-0.25, -0.2) is 4.98 Å². The molecule has 0 unspecified atom stereocenters. The molecule has 272 valence electrons. The van der Waals surface area contributed by atoms with Crippen molar-refractivity contribution in [2.75, 3.05) is 0 Å². The van der Waals surface area contributed by atoms with Crippen LogP contribution in [0.1, 0.15) is 48.5 Å². The summed E-state index contributed by atoms with van der Waals surface area (Å²) in [6, 6.07) is 27.0. The van der Waals surface area contributed by atoms with E-state index in [1.807, 2.05) is 24.3 Å². The molecule has 0 radical (unpaired) electrons. The summed E-state index contributed by atoms with van der Waals surface area (Å²) >= 11 is 0. The molecule has 0 fully saturated rings. The molecule has 5 nitrogen and oxygen atoms in total. The molecule has 10 aromatic rings. The van der Waals surface area contributed by atoms with Crippen molar-refractivity contribution in [1.29, 1.82) is 0 Å². The largest absolute Gasteiger partial charge is 0.458 e. The van der Waals surface area contributed by atoms with Gasteiger partial charge in [-0.3, -0.25) is 13.7 Å². The monoisotopic (exact) mass is 752 g/mol. The van der Waals surface area contributed by atoms with Crippen molar-refractivity contribution in [3.05, 3.63) is 199 Å². The van der Waals surface area contributed by atoms with Gasteiger partial charge in [-0.15, -0.1) is 0 Å². The van der Waals surface area contributed by atoms with E-state index in [2.05, 4.69) is 11.3 Å². The highest BCUT2D eigenvalue weighted by atomic mass is 16.5. The first-order valence-electron chi connectivity index (χ1n) is 27.0. The Balaban J connectivity index is 1.06. The van der Waals surface area contributed by atoms with Gasteiger partial charge in [-0.05, 0) is 101 Å². The second-order valence-corrected chi connectivity index (χ2v) is 13.2. The molecular weight excluding hydrogens is 697 g/mol. The molecule has 0 N–H and O–H groups in total. The van der Waals surface area contributed by atoms with E-state index in [1.165, 1.54) is 12.1 Å². The van der Waals surface area contributed by atoms with Crippen LogP contribution >= 0.6 is 0 Å². The number of nitrogens with zero attached hydrogens (tertiary/aromatic N) is 4. The Morgan fingerprint density at radius 2 is 1.28 bits per heavy atom. The van der Waals surface area contributed by atoms with E-state index >= 15 is 0 Å². The third-order valence-corrected chi connectivity index (χ3v) is 9.89. The van der Waals surface area contributed by atoms with Crippen molar-refractivity contribution < 1.29 is 34.0 Å². The van der Waals surface area contributed by atoms with Crippen molar-refractivity contribution in [2.24, 2.45) is 0 Å². The number of para-hydroxylation sites is 4. The lowest BCUT2D eigenvalue weighted by atomic mass is 9.93. The lowest BCUT2D eigenvalue weighted by molar-refractivity contribution is -0.571. The summed E-state index contributed by atoms with van der Waals surface area (Å²) in [7, 11) is 0. The van der Waals surface area contributed by atoms with Gasteiger partial charge in [0, 0.05) is 34.0 Å². The molecule has 3 heterocycles. The van der Waals surface area contributed by atoms with Crippen LogP contribution in [-0.2, 0) is 12.7 Å². The van der Waals surface area contributed by atoms with Crippen LogP contribution < -0.4 is 9.30 Å². The molecule has 3 aromatic heterocycles. The van der Waals surface area contributed by atoms with E-state index in [9.17, 15) is 0 Å². The van der Waals surface area contributed by atoms with Gasteiger partial charge in [0.15, 0.2) is 0 Å². The van der Waals surface area contributed by atoms with Crippen LogP contribution in [0, 0.1) is 6.33 Å². The van der Waals surface area contributed by atoms with E-state index in [0.717, 1.165) is 17.0 Å². The van der Waals surface area contributed by atoms with Crippen LogP contribution in [0.2, 0.25) is 0 Å². The van der Waals surface area contributed by atoms with E-state index in [0.29, 0.717) is 39.3 Å². The second kappa shape index (κ2) is 13.8. The number of pyridine rings is 1. The maximum atomic E-state index is 9.00. The number of benzene rings is 7. The first-order valence-corrected chi connectivity index (χ1v) is 18.0. The molecule has 1 aliphatic rings. The summed E-state index contributed by atoms with van der Waals surface area (Å²) in [5.74, 6) is 0.832. The van der Waals surface area contributed by atoms with Gasteiger partial charge in [-0.1, -0.05) is 127 Å². The molecule has 11 rings (SSSR count). The number of aromatic nitrogens is 4. The van der Waals surface area contributed by atoms with Gasteiger partial charge in [-0.2, -0.15) is 0 Å². The molecule has 0 amide bonds. The van der Waals surface area contributed by atoms with Crippen molar-refractivity contribution in [1.82, 2.24) is 14.1 Å². The van der Waals surface area contributed by atoms with Gasteiger partial charge in [0.25, 0.3) is 6.33 Å². The molecule has 0 atom stereocenters. The Labute approximate surface area is 356 Å². The maximum Gasteiger partial charge on any atom is 0.269 e. The third-order valence-electron chi connectivity index (χ3n) is 9.89. The Hall–Kier alpha value is -7.24. The number of rotatable bonds is 7. The van der Waals surface area contributed by atoms with Crippen LogP contribution in [0.25, 0.3) is 72.3 Å². The van der Waals surface area contributed by atoms with Crippen LogP contribution in [0.5, 0.6) is 11.5 Å². The van der Waals surface area contributed by atoms with Crippen molar-refractivity contribution in [3.8, 4) is 50.9 Å². The fourth-order valence-electron chi connectivity index (χ4n) is 7.42. The molecule has 0 spiro atoms. The summed E-state index contributed by atoms with van der Waals surface area (Å²) < 4.78 is 167. The Morgan fingerprint density at radius 1 is 0.614 bits per heavy atom. The third kappa shape index (κ3) is 5.78. The smallest absolute Gasteiger partial charge is 0.269 e. The zero-order chi connectivity index (χ0) is 53.6. The second-order valence-electron chi connectivity index (χ2n) is 13.2. The maximum absolute atomic E-state index is 9.00. The molecule has 0 saturated heterocycles. The zero-order valence-electron chi connectivity index (χ0n) is 47.7. The van der Waals surface area contributed by atoms with Gasteiger partial charge >= 0.3 is 0 Å². The quantitative estimate of drug-likeness (QED) is 0.120. The Morgan fingerprint density at radius 3 is 2.07 bits per heavy atom. The average Bonchev–Trinajstić information content (AvgIpc) is 3.97. The molecule has 5 heteroatoms. The standard InChI is InChI=1S/C52H38N4O/c1-3-15-36(16-4-1)43-24-14-25-44(37-17-5-2-6-18-37)52(43)55-35-54(48-27-11-12-28-49(48)55)40-21-13-22-41(32-40)57-42-29-30-46-45-23-9-10-26-47(45)56(50(46)33-42)51-31-38-19-7-8-20-39(38)34-53-51/h1-6,9-18,21-34H,7-8,19-20H2/i1D,2D,3D,4D,5D,6D,7D2,8D2,15D,16D,17D,18D,19D2,20D2. The van der Waals surface area contributed by atoms with Gasteiger partial charge in [0.1, 0.15) is 17.3 Å². The van der Waals surface area contributed by atoms with Gasteiger partial charge in [0.05, 0.1) is 47.1 Å². The van der Waals surface area contributed by atoms with Crippen molar-refractivity contribution in [3.63, 3.8) is 0 Å². The average molecular weight is 753 g/mol. The lowest BCUT2D eigenvalue weighted by Gasteiger charge is -2.17. The summed E-state index contributed by atoms with van der Waals surface area (Å²) in [5, 5.41) is 1.54. The van der Waals surface area contributed by atoms with Crippen LogP contribution in [0.3, 0.4) is 0 Å². The Kier molecular flexibility index (Phi) is 4.74. The molecule has 7 aromatic carbocycles. The molecular formula is C52H38N4O. The van der Waals surface area contributed by atoms with Gasteiger partial charge < -0.3 is 4.74 Å². The van der Waals surface area contributed by atoms with E-state index in [4.69, 9.17) is 29.4 Å². The van der Waals surface area contributed by atoms with E-state index < -0.39 is 91.5 Å². The van der Waals surface area contributed by atoms with E-state index in [1.54, 1.807) is 92.6 Å². The summed E-state index contributed by atoms with van der Waals surface area (Å²) in [6.45, 7) is 0. The zero-order valence-corrected chi connectivity index (χ0v) is 29.7. The van der Waals surface area contributed by atoms with Crippen LogP contribution in [0.4, 0.5) is 0 Å². The lowest BCUT2D eigenvalue weighted by Crippen LogP contribution is -2.31. The number of hydrogen-bond acceptors (Lipinski definition) is 2. The molecule has 0 saturated carbocycles. The highest BCUT2D eigenvalue weighted by molar-refractivity contribution is 6.09. The van der Waals surface area contributed by atoms with Crippen molar-refractivity contribution >= 4 is 32.8 Å². The highest BCUT2D eigenvalue weighted by Gasteiger charge is 2.21. The summed E-state index contributed by atoms with van der Waals surface area (Å²) in [5.41, 5.74) is 1.91. The molecule has 0 aliphatic heterocycles. The van der Waals surface area contributed by atoms with E-state index in [-0.39, 0.29) is 39.3 Å². The number of hydrogen-bond donors (Lipinski definition) is 0. The number of imidazole rings is 1. The first-order chi connectivity index (χ1) is 35.4. The molecule has 1 aliphatic carbocycles. The summed E-state index contributed by atoms with van der Waals surface area (Å²) in [6.07, 6.45) is -7.97. The minimum Gasteiger partial charge on any atom is -0.458 e. The van der Waals surface area contributed by atoms with Crippen molar-refractivity contribution in [2.45, 2.75) is 25.5 Å². The summed E-state index contributed by atoms with van der Waals surface area (Å²) in [4.78, 5) is 4.53. The molecule has 57 heavy (non-hydrogen) atoms. The Bertz CT molecular complexity index is 3950. The number of aryl methyl sites for hydroxylation is 2. The fourth-order valence-corrected chi connectivity index (χ4v) is 7.42. The minimum absolute atomic E-state index is 0.0965. The fraction of sp³-hybridized carbons (Fsp3) is 0.0769. The van der Waals surface area contributed by atoms with Crippen LogP contribution in [-0.4, -0.2) is 14.1 Å². The predicted octanol–water partition coefficient (Wildman–Crippen LogP) is 12.2. The SMILES string of the molecule is [2H]c1c([2H])c([2H])c(-c2cccc(-c3c([2H])c([2H])c([2H])c([2H])c3[2H])c2-[n+]2[c-]n(-c3cccc(Oc4ccc5c6ccccc6n(-c6cc7c(cn6)C([2H])([2H])C([2H])([2H])C([2H])([2H])C7([2H])[2H])c5c4)c3)c3ccccc32)c([2H])c1[2H]. The number of ether oxygens (including phenoxy) is 1. The minimum atomic E-state index is -3.27.